The summed E-state index contributed by atoms with van der Waals surface area (Å²) in [6, 6.07) is 6.24. The van der Waals surface area contributed by atoms with Crippen molar-refractivity contribution in [3.63, 3.8) is 0 Å². The van der Waals surface area contributed by atoms with Crippen LogP contribution in [0, 0.1) is 0 Å². The Balaban J connectivity index is 1.86. The quantitative estimate of drug-likeness (QED) is 0.741. The fraction of sp³-hybridized carbons (Fsp3) is 0.333. The predicted octanol–water partition coefficient (Wildman–Crippen LogP) is 2.56. The fourth-order valence-corrected chi connectivity index (χ4v) is 2.65. The maximum absolute atomic E-state index is 11.9. The van der Waals surface area contributed by atoms with Gasteiger partial charge in [-0.15, -0.1) is 0 Å². The summed E-state index contributed by atoms with van der Waals surface area (Å²) in [5.41, 5.74) is -0.723. The average Bonchev–Trinajstić information content (AvgIpc) is 2.96. The Morgan fingerprint density at radius 1 is 1.24 bits per heavy atom. The highest BCUT2D eigenvalue weighted by molar-refractivity contribution is 5.96. The van der Waals surface area contributed by atoms with Crippen LogP contribution in [0.25, 0.3) is 11.0 Å². The largest absolute Gasteiger partial charge is 0.505 e. The van der Waals surface area contributed by atoms with Crippen molar-refractivity contribution in [2.75, 3.05) is 5.32 Å². The summed E-state index contributed by atoms with van der Waals surface area (Å²) in [6.07, 6.45) is 4.06. The normalized spacial score (nSPS) is 15.2. The van der Waals surface area contributed by atoms with E-state index in [1.54, 1.807) is 24.3 Å². The molecule has 0 spiro atoms. The molecule has 1 aliphatic carbocycles. The zero-order valence-electron chi connectivity index (χ0n) is 11.4. The summed E-state index contributed by atoms with van der Waals surface area (Å²) in [5, 5.41) is 15.7. The number of anilines is 1. The third-order valence-electron chi connectivity index (χ3n) is 3.71. The molecule has 110 valence electrons. The van der Waals surface area contributed by atoms with Crippen LogP contribution in [-0.2, 0) is 0 Å². The minimum Gasteiger partial charge on any atom is -0.505 e. The van der Waals surface area contributed by atoms with Crippen LogP contribution >= 0.6 is 0 Å². The molecule has 0 bridgehead atoms. The Hall–Kier alpha value is -2.50. The fourth-order valence-electron chi connectivity index (χ4n) is 2.65. The first-order valence-electron chi connectivity index (χ1n) is 6.97. The highest BCUT2D eigenvalue weighted by atomic mass is 16.4. The number of aromatic hydroxyl groups is 1. The highest BCUT2D eigenvalue weighted by Gasteiger charge is 2.20. The van der Waals surface area contributed by atoms with E-state index in [9.17, 15) is 14.7 Å². The molecule has 2 amide bonds. The first-order chi connectivity index (χ1) is 10.1. The summed E-state index contributed by atoms with van der Waals surface area (Å²) in [7, 11) is 0. The summed E-state index contributed by atoms with van der Waals surface area (Å²) in [6.45, 7) is 0. The molecule has 0 atom stereocenters. The van der Waals surface area contributed by atoms with Crippen molar-refractivity contribution < 1.29 is 14.3 Å². The average molecular weight is 288 g/mol. The second-order valence-corrected chi connectivity index (χ2v) is 5.19. The lowest BCUT2D eigenvalue weighted by Crippen LogP contribution is -2.37. The first-order valence-corrected chi connectivity index (χ1v) is 6.97. The van der Waals surface area contributed by atoms with Crippen LogP contribution < -0.4 is 16.3 Å². The van der Waals surface area contributed by atoms with E-state index < -0.39 is 11.7 Å². The van der Waals surface area contributed by atoms with E-state index in [0.717, 1.165) is 25.7 Å². The molecule has 6 heteroatoms. The maximum Gasteiger partial charge on any atom is 0.364 e. The third-order valence-corrected chi connectivity index (χ3v) is 3.71. The van der Waals surface area contributed by atoms with Crippen molar-refractivity contribution in [2.45, 2.75) is 31.7 Å². The molecule has 1 saturated carbocycles. The SMILES string of the molecule is O=C(Nc1c(O)c2ccccc2oc1=O)NC1CCCC1. The highest BCUT2D eigenvalue weighted by Crippen LogP contribution is 2.29. The summed E-state index contributed by atoms with van der Waals surface area (Å²) in [5.74, 6) is -0.275. The van der Waals surface area contributed by atoms with E-state index in [1.165, 1.54) is 0 Å². The summed E-state index contributed by atoms with van der Waals surface area (Å²) < 4.78 is 5.09. The maximum atomic E-state index is 11.9. The van der Waals surface area contributed by atoms with Gasteiger partial charge in [0.25, 0.3) is 0 Å². The summed E-state index contributed by atoms with van der Waals surface area (Å²) >= 11 is 0. The molecule has 0 unspecified atom stereocenters. The second kappa shape index (κ2) is 5.47. The van der Waals surface area contributed by atoms with Gasteiger partial charge in [-0.1, -0.05) is 25.0 Å². The van der Waals surface area contributed by atoms with Gasteiger partial charge in [0, 0.05) is 6.04 Å². The molecule has 1 heterocycles. The standard InChI is InChI=1S/C15H16N2O4/c18-13-10-7-3-4-8-11(10)21-14(19)12(13)17-15(20)16-9-5-1-2-6-9/h3-4,7-9,18H,1-2,5-6H2,(H2,16,17,20). The molecule has 21 heavy (non-hydrogen) atoms. The number of carbonyl (C=O) groups excluding carboxylic acids is 1. The molecule has 1 aromatic carbocycles. The topological polar surface area (TPSA) is 91.6 Å². The van der Waals surface area contributed by atoms with Gasteiger partial charge in [-0.3, -0.25) is 5.32 Å². The predicted molar refractivity (Wildman–Crippen MR) is 78.6 cm³/mol. The van der Waals surface area contributed by atoms with Crippen molar-refractivity contribution >= 4 is 22.7 Å². The molecule has 1 aromatic heterocycles. The van der Waals surface area contributed by atoms with Crippen LogP contribution in [0.5, 0.6) is 5.75 Å². The van der Waals surface area contributed by atoms with Crippen LogP contribution in [-0.4, -0.2) is 17.2 Å². The van der Waals surface area contributed by atoms with Crippen LogP contribution in [0.1, 0.15) is 25.7 Å². The lowest BCUT2D eigenvalue weighted by molar-refractivity contribution is 0.248. The van der Waals surface area contributed by atoms with Gasteiger partial charge in [0.05, 0.1) is 5.39 Å². The van der Waals surface area contributed by atoms with Crippen molar-refractivity contribution in [1.82, 2.24) is 5.32 Å². The Labute approximate surface area is 120 Å². The molecule has 0 saturated heterocycles. The van der Waals surface area contributed by atoms with E-state index in [4.69, 9.17) is 4.42 Å². The molecule has 1 aliphatic rings. The Morgan fingerprint density at radius 2 is 1.95 bits per heavy atom. The van der Waals surface area contributed by atoms with E-state index in [1.807, 2.05) is 0 Å². The molecular formula is C15H16N2O4. The first kappa shape index (κ1) is 13.5. The van der Waals surface area contributed by atoms with Gasteiger partial charge in [-0.2, -0.15) is 0 Å². The number of amides is 2. The van der Waals surface area contributed by atoms with Gasteiger partial charge in [0.1, 0.15) is 5.58 Å². The molecule has 3 N–H and O–H groups in total. The molecule has 1 fully saturated rings. The molecule has 0 aliphatic heterocycles. The zero-order chi connectivity index (χ0) is 14.8. The van der Waals surface area contributed by atoms with Crippen LogP contribution in [0.2, 0.25) is 0 Å². The number of rotatable bonds is 2. The molecule has 2 aromatic rings. The number of benzene rings is 1. The van der Waals surface area contributed by atoms with Crippen molar-refractivity contribution in [3.05, 3.63) is 34.7 Å². The van der Waals surface area contributed by atoms with Crippen LogP contribution in [0.3, 0.4) is 0 Å². The van der Waals surface area contributed by atoms with Crippen molar-refractivity contribution in [1.29, 1.82) is 0 Å². The van der Waals surface area contributed by atoms with Crippen LogP contribution in [0.15, 0.2) is 33.5 Å². The van der Waals surface area contributed by atoms with Gasteiger partial charge in [-0.25, -0.2) is 9.59 Å². The minimum absolute atomic E-state index is 0.125. The molecule has 6 nitrogen and oxygen atoms in total. The van der Waals surface area contributed by atoms with E-state index in [2.05, 4.69) is 10.6 Å². The van der Waals surface area contributed by atoms with E-state index in [-0.39, 0.29) is 23.1 Å². The number of fused-ring (bicyclic) bond motifs is 1. The zero-order valence-corrected chi connectivity index (χ0v) is 11.4. The summed E-state index contributed by atoms with van der Waals surface area (Å²) in [4.78, 5) is 23.8. The Morgan fingerprint density at radius 3 is 2.71 bits per heavy atom. The van der Waals surface area contributed by atoms with Gasteiger partial charge in [-0.05, 0) is 25.0 Å². The molecular weight excluding hydrogens is 272 g/mol. The van der Waals surface area contributed by atoms with Gasteiger partial charge in [0.15, 0.2) is 11.4 Å². The number of hydrogen-bond donors (Lipinski definition) is 3. The number of nitrogens with one attached hydrogen (secondary N) is 2. The lowest BCUT2D eigenvalue weighted by atomic mass is 10.2. The van der Waals surface area contributed by atoms with E-state index in [0.29, 0.717) is 5.39 Å². The van der Waals surface area contributed by atoms with E-state index >= 15 is 0 Å². The number of hydrogen-bond acceptors (Lipinski definition) is 4. The van der Waals surface area contributed by atoms with Crippen molar-refractivity contribution in [3.8, 4) is 5.75 Å². The molecule has 0 radical (unpaired) electrons. The second-order valence-electron chi connectivity index (χ2n) is 5.19. The number of urea groups is 1. The number of para-hydroxylation sites is 1. The smallest absolute Gasteiger partial charge is 0.364 e. The molecule has 3 rings (SSSR count). The Kier molecular flexibility index (Phi) is 3.51. The van der Waals surface area contributed by atoms with Gasteiger partial charge in [0.2, 0.25) is 0 Å². The minimum atomic E-state index is -0.771. The van der Waals surface area contributed by atoms with Gasteiger partial charge < -0.3 is 14.8 Å². The Bertz CT molecular complexity index is 732. The number of carbonyl (C=O) groups is 1. The van der Waals surface area contributed by atoms with Gasteiger partial charge >= 0.3 is 11.7 Å². The monoisotopic (exact) mass is 288 g/mol. The lowest BCUT2D eigenvalue weighted by Gasteiger charge is -2.13. The third kappa shape index (κ3) is 2.69. The van der Waals surface area contributed by atoms with Crippen LogP contribution in [0.4, 0.5) is 10.5 Å². The van der Waals surface area contributed by atoms with Crippen molar-refractivity contribution in [2.24, 2.45) is 0 Å².